The molecule has 0 spiro atoms. The van der Waals surface area contributed by atoms with Crippen molar-refractivity contribution >= 4 is 33.2 Å². The first kappa shape index (κ1) is 22.6. The number of hydrogen-bond acceptors (Lipinski definition) is 5. The standard InChI is InChI=1S/C24H22BrClFNO4/c1-2-29-23-11-15(13-28-16-6-7-21-22(12-16)31-9-8-30-21)10-18(25)24(23)32-14-17-19(26)4-3-5-20(17)27/h3-7,10-12,28H,2,8-9,13-14H2,1H3. The summed E-state index contributed by atoms with van der Waals surface area (Å²) in [7, 11) is 0. The molecule has 5 nitrogen and oxygen atoms in total. The molecule has 1 N–H and O–H groups in total. The summed E-state index contributed by atoms with van der Waals surface area (Å²) >= 11 is 9.68. The van der Waals surface area contributed by atoms with E-state index in [1.54, 1.807) is 12.1 Å². The van der Waals surface area contributed by atoms with Gasteiger partial charge in [0.1, 0.15) is 25.6 Å². The molecule has 0 saturated carbocycles. The molecule has 168 valence electrons. The maximum Gasteiger partial charge on any atom is 0.175 e. The molecule has 0 bridgehead atoms. The lowest BCUT2D eigenvalue weighted by atomic mass is 10.2. The average Bonchev–Trinajstić information content (AvgIpc) is 2.79. The number of fused-ring (bicyclic) bond motifs is 1. The van der Waals surface area contributed by atoms with Gasteiger partial charge in [-0.15, -0.1) is 0 Å². The van der Waals surface area contributed by atoms with Crippen LogP contribution in [0.1, 0.15) is 18.1 Å². The summed E-state index contributed by atoms with van der Waals surface area (Å²) < 4.78 is 37.7. The zero-order valence-corrected chi connectivity index (χ0v) is 19.8. The Hall–Kier alpha value is -2.64. The minimum atomic E-state index is -0.410. The quantitative estimate of drug-likeness (QED) is 0.361. The van der Waals surface area contributed by atoms with Gasteiger partial charge in [-0.2, -0.15) is 0 Å². The number of rotatable bonds is 8. The highest BCUT2D eigenvalue weighted by atomic mass is 79.9. The molecule has 3 aromatic carbocycles. The molecule has 0 saturated heterocycles. The fraction of sp³-hybridized carbons (Fsp3) is 0.250. The number of benzene rings is 3. The summed E-state index contributed by atoms with van der Waals surface area (Å²) in [4.78, 5) is 0. The van der Waals surface area contributed by atoms with Crippen molar-refractivity contribution in [3.8, 4) is 23.0 Å². The van der Waals surface area contributed by atoms with E-state index in [-0.39, 0.29) is 6.61 Å². The van der Waals surface area contributed by atoms with Gasteiger partial charge >= 0.3 is 0 Å². The van der Waals surface area contributed by atoms with E-state index in [4.69, 9.17) is 30.5 Å². The van der Waals surface area contributed by atoms with Crippen molar-refractivity contribution in [2.75, 3.05) is 25.1 Å². The van der Waals surface area contributed by atoms with E-state index in [0.29, 0.717) is 52.9 Å². The van der Waals surface area contributed by atoms with E-state index >= 15 is 0 Å². The van der Waals surface area contributed by atoms with E-state index in [2.05, 4.69) is 21.2 Å². The maximum atomic E-state index is 14.1. The third-order valence-corrected chi connectivity index (χ3v) is 5.77. The fourth-order valence-corrected chi connectivity index (χ4v) is 4.12. The average molecular weight is 523 g/mol. The Morgan fingerprint density at radius 3 is 2.66 bits per heavy atom. The Labute approximate surface area is 199 Å². The summed E-state index contributed by atoms with van der Waals surface area (Å²) in [5.41, 5.74) is 2.19. The third kappa shape index (κ3) is 5.22. The Balaban J connectivity index is 1.49. The van der Waals surface area contributed by atoms with Gasteiger partial charge in [-0.1, -0.05) is 17.7 Å². The Morgan fingerprint density at radius 2 is 1.88 bits per heavy atom. The van der Waals surface area contributed by atoms with Gasteiger partial charge in [0.15, 0.2) is 23.0 Å². The summed E-state index contributed by atoms with van der Waals surface area (Å²) in [6.45, 7) is 4.00. The van der Waals surface area contributed by atoms with E-state index in [1.807, 2.05) is 37.3 Å². The van der Waals surface area contributed by atoms with Crippen LogP contribution in [0, 0.1) is 5.82 Å². The smallest absolute Gasteiger partial charge is 0.175 e. The largest absolute Gasteiger partial charge is 0.490 e. The van der Waals surface area contributed by atoms with E-state index in [9.17, 15) is 4.39 Å². The summed E-state index contributed by atoms with van der Waals surface area (Å²) in [5.74, 6) is 2.13. The minimum Gasteiger partial charge on any atom is -0.490 e. The van der Waals surface area contributed by atoms with Gasteiger partial charge in [-0.25, -0.2) is 4.39 Å². The maximum absolute atomic E-state index is 14.1. The molecule has 3 aromatic rings. The summed E-state index contributed by atoms with van der Waals surface area (Å²) in [6, 6.07) is 14.1. The lowest BCUT2D eigenvalue weighted by Gasteiger charge is -2.19. The second kappa shape index (κ2) is 10.3. The third-order valence-electron chi connectivity index (χ3n) is 4.83. The number of nitrogens with one attached hydrogen (secondary N) is 1. The molecule has 4 rings (SSSR count). The molecule has 8 heteroatoms. The minimum absolute atomic E-state index is 0.0149. The van der Waals surface area contributed by atoms with Crippen LogP contribution in [-0.4, -0.2) is 19.8 Å². The van der Waals surface area contributed by atoms with Crippen molar-refractivity contribution in [3.05, 3.63) is 75.0 Å². The van der Waals surface area contributed by atoms with E-state index in [1.165, 1.54) is 6.07 Å². The Kier molecular flexibility index (Phi) is 7.27. The van der Waals surface area contributed by atoms with Gasteiger partial charge in [-0.05, 0) is 64.8 Å². The molecule has 0 amide bonds. The molecule has 0 fully saturated rings. The van der Waals surface area contributed by atoms with Gasteiger partial charge in [0.25, 0.3) is 0 Å². The molecule has 1 aliphatic rings. The van der Waals surface area contributed by atoms with Gasteiger partial charge in [0.05, 0.1) is 16.1 Å². The lowest BCUT2D eigenvalue weighted by molar-refractivity contribution is 0.171. The van der Waals surface area contributed by atoms with Crippen LogP contribution in [0.25, 0.3) is 0 Å². The first-order valence-electron chi connectivity index (χ1n) is 10.2. The zero-order valence-electron chi connectivity index (χ0n) is 17.4. The predicted octanol–water partition coefficient (Wildman–Crippen LogP) is 6.60. The number of ether oxygens (including phenoxy) is 4. The van der Waals surface area contributed by atoms with Crippen molar-refractivity contribution in [2.45, 2.75) is 20.1 Å². The highest BCUT2D eigenvalue weighted by Crippen LogP contribution is 2.38. The highest BCUT2D eigenvalue weighted by molar-refractivity contribution is 9.10. The Bertz CT molecular complexity index is 1090. The normalized spacial score (nSPS) is 12.4. The summed E-state index contributed by atoms with van der Waals surface area (Å²) in [6.07, 6.45) is 0. The van der Waals surface area contributed by atoms with Crippen LogP contribution >= 0.6 is 27.5 Å². The molecule has 1 heterocycles. The Morgan fingerprint density at radius 1 is 1.06 bits per heavy atom. The SMILES string of the molecule is CCOc1cc(CNc2ccc3c(c2)OCCO3)cc(Br)c1OCc1c(F)cccc1Cl. The van der Waals surface area contributed by atoms with Crippen molar-refractivity contribution in [3.63, 3.8) is 0 Å². The zero-order chi connectivity index (χ0) is 22.5. The van der Waals surface area contributed by atoms with Gasteiger partial charge in [0, 0.05) is 23.9 Å². The molecule has 0 atom stereocenters. The van der Waals surface area contributed by atoms with Crippen LogP contribution in [0.5, 0.6) is 23.0 Å². The number of anilines is 1. The molecule has 0 radical (unpaired) electrons. The van der Waals surface area contributed by atoms with Crippen molar-refractivity contribution in [2.24, 2.45) is 0 Å². The first-order valence-corrected chi connectivity index (χ1v) is 11.4. The number of halogens is 3. The van der Waals surface area contributed by atoms with Crippen molar-refractivity contribution in [1.82, 2.24) is 0 Å². The summed E-state index contributed by atoms with van der Waals surface area (Å²) in [5, 5.41) is 3.70. The van der Waals surface area contributed by atoms with E-state index < -0.39 is 5.82 Å². The monoisotopic (exact) mass is 521 g/mol. The van der Waals surface area contributed by atoms with Crippen molar-refractivity contribution in [1.29, 1.82) is 0 Å². The second-order valence-corrected chi connectivity index (χ2v) is 8.30. The predicted molar refractivity (Wildman–Crippen MR) is 126 cm³/mol. The molecule has 1 aliphatic heterocycles. The fourth-order valence-electron chi connectivity index (χ4n) is 3.30. The van der Waals surface area contributed by atoms with Gasteiger partial charge in [0.2, 0.25) is 0 Å². The molecule has 0 unspecified atom stereocenters. The molecular weight excluding hydrogens is 501 g/mol. The molecule has 0 aliphatic carbocycles. The van der Waals surface area contributed by atoms with Crippen LogP contribution in [0.15, 0.2) is 53.0 Å². The van der Waals surface area contributed by atoms with E-state index in [0.717, 1.165) is 22.7 Å². The van der Waals surface area contributed by atoms with Crippen LogP contribution in [0.3, 0.4) is 0 Å². The van der Waals surface area contributed by atoms with Crippen LogP contribution in [-0.2, 0) is 13.2 Å². The first-order chi connectivity index (χ1) is 15.5. The van der Waals surface area contributed by atoms with Crippen LogP contribution in [0.4, 0.5) is 10.1 Å². The lowest BCUT2D eigenvalue weighted by Crippen LogP contribution is -2.15. The van der Waals surface area contributed by atoms with Crippen LogP contribution in [0.2, 0.25) is 5.02 Å². The highest BCUT2D eigenvalue weighted by Gasteiger charge is 2.16. The topological polar surface area (TPSA) is 49.0 Å². The van der Waals surface area contributed by atoms with Crippen molar-refractivity contribution < 1.29 is 23.3 Å². The van der Waals surface area contributed by atoms with Gasteiger partial charge < -0.3 is 24.3 Å². The molecule has 0 aromatic heterocycles. The van der Waals surface area contributed by atoms with Gasteiger partial charge in [-0.3, -0.25) is 0 Å². The molecule has 32 heavy (non-hydrogen) atoms. The number of hydrogen-bond donors (Lipinski definition) is 1. The second-order valence-electron chi connectivity index (χ2n) is 7.04. The molecular formula is C24H22BrClFNO4. The van der Waals surface area contributed by atoms with Crippen LogP contribution < -0.4 is 24.3 Å².